The van der Waals surface area contributed by atoms with Gasteiger partial charge in [-0.3, -0.25) is 14.5 Å². The summed E-state index contributed by atoms with van der Waals surface area (Å²) in [4.78, 5) is 37.6. The molecule has 168 valence electrons. The number of H-pyrrole nitrogens is 1. The zero-order chi connectivity index (χ0) is 22.1. The minimum Gasteiger partial charge on any atom is -0.332 e. The number of benzene rings is 1. The van der Waals surface area contributed by atoms with Crippen molar-refractivity contribution in [1.82, 2.24) is 19.8 Å². The lowest BCUT2D eigenvalue weighted by Crippen LogP contribution is -2.37. The van der Waals surface area contributed by atoms with Crippen molar-refractivity contribution in [3.05, 3.63) is 75.2 Å². The highest BCUT2D eigenvalue weighted by Crippen LogP contribution is 2.32. The molecule has 3 heterocycles. The van der Waals surface area contributed by atoms with E-state index in [0.29, 0.717) is 61.9 Å². The van der Waals surface area contributed by atoms with Crippen molar-refractivity contribution in [3.63, 3.8) is 0 Å². The van der Waals surface area contributed by atoms with Gasteiger partial charge in [0.15, 0.2) is 0 Å². The van der Waals surface area contributed by atoms with Gasteiger partial charge in [-0.05, 0) is 44.1 Å². The van der Waals surface area contributed by atoms with Gasteiger partial charge in [-0.15, -0.1) is 0 Å². The van der Waals surface area contributed by atoms with Gasteiger partial charge in [-0.25, -0.2) is 9.37 Å². The predicted molar refractivity (Wildman–Crippen MR) is 119 cm³/mol. The van der Waals surface area contributed by atoms with Crippen LogP contribution in [0.15, 0.2) is 41.2 Å². The van der Waals surface area contributed by atoms with E-state index in [4.69, 9.17) is 4.98 Å². The van der Waals surface area contributed by atoms with E-state index in [9.17, 15) is 14.0 Å². The summed E-state index contributed by atoms with van der Waals surface area (Å²) >= 11 is 0. The van der Waals surface area contributed by atoms with E-state index in [0.717, 1.165) is 31.4 Å². The molecule has 3 aliphatic rings. The lowest BCUT2D eigenvalue weighted by atomic mass is 10.0. The summed E-state index contributed by atoms with van der Waals surface area (Å²) in [5.41, 5.74) is 2.01. The highest BCUT2D eigenvalue weighted by Gasteiger charge is 2.34. The smallest absolute Gasteiger partial charge is 0.254 e. The van der Waals surface area contributed by atoms with Crippen molar-refractivity contribution in [2.24, 2.45) is 5.92 Å². The Morgan fingerprint density at radius 2 is 2.09 bits per heavy atom. The molecule has 0 bridgehead atoms. The number of likely N-dealkylation sites (tertiary alicyclic amines) is 1. The van der Waals surface area contributed by atoms with Crippen molar-refractivity contribution in [1.29, 1.82) is 0 Å². The maximum atomic E-state index is 14.1. The maximum absolute atomic E-state index is 14.1. The van der Waals surface area contributed by atoms with Crippen LogP contribution in [0, 0.1) is 11.7 Å². The van der Waals surface area contributed by atoms with Crippen LogP contribution in [-0.2, 0) is 24.3 Å². The van der Waals surface area contributed by atoms with Crippen molar-refractivity contribution < 1.29 is 9.18 Å². The average Bonchev–Trinajstić information content (AvgIpc) is 3.47. The molecule has 0 radical (unpaired) electrons. The fourth-order valence-electron chi connectivity index (χ4n) is 5.23. The number of hydrogen-bond acceptors (Lipinski definition) is 4. The summed E-state index contributed by atoms with van der Waals surface area (Å²) in [5, 5.41) is 0. The summed E-state index contributed by atoms with van der Waals surface area (Å²) in [6.07, 6.45) is 9.22. The molecule has 6 nitrogen and oxygen atoms in total. The zero-order valence-corrected chi connectivity index (χ0v) is 18.2. The van der Waals surface area contributed by atoms with E-state index in [2.05, 4.69) is 22.0 Å². The zero-order valence-electron chi connectivity index (χ0n) is 18.2. The molecule has 1 N–H and O–H groups in total. The number of allylic oxidation sites excluding steroid dienone is 2. The Balaban J connectivity index is 1.34. The number of rotatable bonds is 5. The van der Waals surface area contributed by atoms with E-state index in [1.54, 1.807) is 12.1 Å². The quantitative estimate of drug-likeness (QED) is 0.729. The number of carbonyl (C=O) groups excluding carboxylic acids is 1. The molecule has 32 heavy (non-hydrogen) atoms. The van der Waals surface area contributed by atoms with Crippen LogP contribution < -0.4 is 5.56 Å². The summed E-state index contributed by atoms with van der Waals surface area (Å²) in [7, 11) is 0. The molecule has 2 aromatic rings. The molecule has 5 rings (SSSR count). The van der Waals surface area contributed by atoms with Gasteiger partial charge in [-0.1, -0.05) is 30.4 Å². The van der Waals surface area contributed by atoms with Crippen LogP contribution in [0.1, 0.15) is 60.8 Å². The third-order valence-electron chi connectivity index (χ3n) is 6.96. The van der Waals surface area contributed by atoms with Gasteiger partial charge in [-0.2, -0.15) is 0 Å². The Labute approximate surface area is 187 Å². The fourth-order valence-corrected chi connectivity index (χ4v) is 5.23. The lowest BCUT2D eigenvalue weighted by molar-refractivity contribution is -0.133. The molecule has 2 atom stereocenters. The Kier molecular flexibility index (Phi) is 5.91. The fraction of sp³-hybridized carbons (Fsp3) is 0.480. The van der Waals surface area contributed by atoms with Crippen LogP contribution in [-0.4, -0.2) is 38.8 Å². The number of halogens is 1. The van der Waals surface area contributed by atoms with Crippen molar-refractivity contribution >= 4 is 5.91 Å². The van der Waals surface area contributed by atoms with Gasteiger partial charge in [0.1, 0.15) is 11.6 Å². The summed E-state index contributed by atoms with van der Waals surface area (Å²) in [5.74, 6) is 0.848. The van der Waals surface area contributed by atoms with Crippen LogP contribution >= 0.6 is 0 Å². The first kappa shape index (κ1) is 21.1. The minimum atomic E-state index is -0.213. The standard InChI is InChI=1S/C25H29FN4O2/c26-20-9-4-3-8-18(20)15-29-13-11-19-21(16-29)27-24(28-25(19)32)22-10-5-12-30(22)23(31)14-17-6-1-2-7-17/h1,3-4,6,8-9,17,22H,2,5,7,10-16H2,(H,27,28,32)/t17-,22-/m0/s1. The number of aromatic nitrogens is 2. The molecule has 1 fully saturated rings. The second kappa shape index (κ2) is 8.98. The largest absolute Gasteiger partial charge is 0.332 e. The second-order valence-corrected chi connectivity index (χ2v) is 9.14. The van der Waals surface area contributed by atoms with Crippen LogP contribution in [0.5, 0.6) is 0 Å². The van der Waals surface area contributed by atoms with Gasteiger partial charge in [0.2, 0.25) is 5.91 Å². The molecule has 7 heteroatoms. The average molecular weight is 437 g/mol. The van der Waals surface area contributed by atoms with E-state index in [-0.39, 0.29) is 23.3 Å². The molecular weight excluding hydrogens is 407 g/mol. The first-order valence-electron chi connectivity index (χ1n) is 11.6. The lowest BCUT2D eigenvalue weighted by Gasteiger charge is -2.29. The number of hydrogen-bond donors (Lipinski definition) is 1. The Morgan fingerprint density at radius 3 is 2.91 bits per heavy atom. The third-order valence-corrected chi connectivity index (χ3v) is 6.96. The highest BCUT2D eigenvalue weighted by atomic mass is 19.1. The Hall–Kier alpha value is -2.80. The second-order valence-electron chi connectivity index (χ2n) is 9.14. The molecule has 1 amide bonds. The van der Waals surface area contributed by atoms with E-state index in [1.165, 1.54) is 6.07 Å². The Morgan fingerprint density at radius 1 is 1.22 bits per heavy atom. The van der Waals surface area contributed by atoms with Crippen LogP contribution in [0.4, 0.5) is 4.39 Å². The van der Waals surface area contributed by atoms with Crippen LogP contribution in [0.25, 0.3) is 0 Å². The molecule has 0 saturated carbocycles. The highest BCUT2D eigenvalue weighted by molar-refractivity contribution is 5.77. The summed E-state index contributed by atoms with van der Waals surface area (Å²) in [6, 6.07) is 6.62. The van der Waals surface area contributed by atoms with Gasteiger partial charge in [0, 0.05) is 43.7 Å². The first-order chi connectivity index (χ1) is 15.6. The van der Waals surface area contributed by atoms with Gasteiger partial charge < -0.3 is 9.88 Å². The number of nitrogens with zero attached hydrogens (tertiary/aromatic N) is 3. The van der Waals surface area contributed by atoms with Crippen molar-refractivity contribution in [3.8, 4) is 0 Å². The molecule has 1 aliphatic carbocycles. The summed E-state index contributed by atoms with van der Waals surface area (Å²) in [6.45, 7) is 2.39. The number of aromatic amines is 1. The molecule has 1 aromatic heterocycles. The minimum absolute atomic E-state index is 0.103. The molecule has 0 spiro atoms. The first-order valence-corrected chi connectivity index (χ1v) is 11.6. The van der Waals surface area contributed by atoms with E-state index < -0.39 is 0 Å². The number of fused-ring (bicyclic) bond motifs is 1. The number of amides is 1. The van der Waals surface area contributed by atoms with Gasteiger partial charge >= 0.3 is 0 Å². The molecule has 1 saturated heterocycles. The van der Waals surface area contributed by atoms with E-state index >= 15 is 0 Å². The van der Waals surface area contributed by atoms with Gasteiger partial charge in [0.05, 0.1) is 11.7 Å². The summed E-state index contributed by atoms with van der Waals surface area (Å²) < 4.78 is 14.1. The topological polar surface area (TPSA) is 69.3 Å². The van der Waals surface area contributed by atoms with Crippen molar-refractivity contribution in [2.45, 2.75) is 57.7 Å². The van der Waals surface area contributed by atoms with Crippen molar-refractivity contribution in [2.75, 3.05) is 13.1 Å². The van der Waals surface area contributed by atoms with Gasteiger partial charge in [0.25, 0.3) is 5.56 Å². The van der Waals surface area contributed by atoms with E-state index in [1.807, 2.05) is 11.0 Å². The van der Waals surface area contributed by atoms with Crippen LogP contribution in [0.2, 0.25) is 0 Å². The molecule has 2 aliphatic heterocycles. The monoisotopic (exact) mass is 436 g/mol. The maximum Gasteiger partial charge on any atom is 0.254 e. The predicted octanol–water partition coefficient (Wildman–Crippen LogP) is 3.49. The normalized spacial score (nSPS) is 23.0. The molecule has 1 aromatic carbocycles. The molecular formula is C25H29FN4O2. The number of nitrogens with one attached hydrogen (secondary N) is 1. The van der Waals surface area contributed by atoms with Crippen LogP contribution in [0.3, 0.4) is 0 Å². The molecule has 0 unspecified atom stereocenters. The SMILES string of the molecule is O=C(C[C@H]1C=CCC1)N1CCC[C@H]1c1nc2c(c(=O)[nH]1)CCN(Cc1ccccc1F)C2. The third kappa shape index (κ3) is 4.26. The Bertz CT molecular complexity index is 1100. The number of carbonyl (C=O) groups is 1.